The first-order valence-corrected chi connectivity index (χ1v) is 4.68. The van der Waals surface area contributed by atoms with E-state index in [0.717, 1.165) is 23.0 Å². The van der Waals surface area contributed by atoms with Crippen molar-refractivity contribution in [3.8, 4) is 0 Å². The summed E-state index contributed by atoms with van der Waals surface area (Å²) in [5.41, 5.74) is 1.71. The molecule has 72 valence electrons. The summed E-state index contributed by atoms with van der Waals surface area (Å²) >= 11 is 0.938. The second kappa shape index (κ2) is 3.59. The Morgan fingerprint density at radius 3 is 3.00 bits per heavy atom. The minimum atomic E-state index is -1.09. The highest BCUT2D eigenvalue weighted by Gasteiger charge is 2.03. The number of nitrogens with zero attached hydrogens (tertiary/aromatic N) is 1. The number of aromatic nitrogens is 2. The van der Waals surface area contributed by atoms with Crippen LogP contribution < -0.4 is 4.72 Å². The highest BCUT2D eigenvalue weighted by Crippen LogP contribution is 2.16. The largest absolute Gasteiger partial charge is 0.464 e. The molecular weight excluding hydrogens is 202 g/mol. The van der Waals surface area contributed by atoms with Crippen LogP contribution in [0.4, 0.5) is 4.79 Å². The number of H-pyrrole nitrogens is 1. The highest BCUT2D eigenvalue weighted by atomic mass is 32.2. The van der Waals surface area contributed by atoms with Crippen molar-refractivity contribution in [2.75, 3.05) is 0 Å². The molecule has 1 aromatic carbocycles. The summed E-state index contributed by atoms with van der Waals surface area (Å²) < 4.78 is 2.16. The molecule has 0 unspecified atom stereocenters. The lowest BCUT2D eigenvalue weighted by Gasteiger charge is -1.92. The number of nitrogens with one attached hydrogen (secondary N) is 2. The molecule has 0 atom stereocenters. The third-order valence-corrected chi connectivity index (χ3v) is 2.27. The zero-order valence-corrected chi connectivity index (χ0v) is 7.84. The lowest BCUT2D eigenvalue weighted by atomic mass is 10.3. The summed E-state index contributed by atoms with van der Waals surface area (Å²) in [7, 11) is 0. The van der Waals surface area contributed by atoms with Gasteiger partial charge >= 0.3 is 6.09 Å². The van der Waals surface area contributed by atoms with Gasteiger partial charge in [0.2, 0.25) is 0 Å². The Balaban J connectivity index is 2.22. The molecule has 3 N–H and O–H groups in total. The van der Waals surface area contributed by atoms with Crippen molar-refractivity contribution in [2.45, 2.75) is 5.16 Å². The van der Waals surface area contributed by atoms with Crippen LogP contribution in [0.15, 0.2) is 29.4 Å². The fraction of sp³-hybridized carbons (Fsp3) is 0. The molecular formula is C8H7N3O2S. The van der Waals surface area contributed by atoms with Gasteiger partial charge in [-0.05, 0) is 12.1 Å². The maximum Gasteiger partial charge on any atom is 0.415 e. The average molecular weight is 209 g/mol. The van der Waals surface area contributed by atoms with Crippen molar-refractivity contribution in [2.24, 2.45) is 0 Å². The fourth-order valence-corrected chi connectivity index (χ4v) is 1.56. The van der Waals surface area contributed by atoms with Gasteiger partial charge in [0.1, 0.15) is 0 Å². The van der Waals surface area contributed by atoms with Crippen molar-refractivity contribution in [3.63, 3.8) is 0 Å². The zero-order valence-electron chi connectivity index (χ0n) is 7.02. The van der Waals surface area contributed by atoms with E-state index < -0.39 is 6.09 Å². The summed E-state index contributed by atoms with van der Waals surface area (Å²) in [6, 6.07) is 7.51. The van der Waals surface area contributed by atoms with Crippen LogP contribution in [0.1, 0.15) is 0 Å². The molecule has 5 nitrogen and oxygen atoms in total. The molecule has 0 aliphatic rings. The summed E-state index contributed by atoms with van der Waals surface area (Å²) in [5, 5.41) is 8.91. The number of imidazole rings is 1. The molecule has 0 saturated carbocycles. The molecule has 0 aliphatic heterocycles. The van der Waals surface area contributed by atoms with E-state index >= 15 is 0 Å². The number of hydrogen-bond donors (Lipinski definition) is 3. The van der Waals surface area contributed by atoms with Gasteiger partial charge in [-0.2, -0.15) is 0 Å². The maximum atomic E-state index is 10.2. The Labute approximate surface area is 83.7 Å². The summed E-state index contributed by atoms with van der Waals surface area (Å²) in [5.74, 6) is 0. The molecule has 0 fully saturated rings. The molecule has 0 radical (unpaired) electrons. The number of carbonyl (C=O) groups is 1. The second-order valence-electron chi connectivity index (χ2n) is 2.57. The van der Waals surface area contributed by atoms with E-state index in [-0.39, 0.29) is 0 Å². The van der Waals surface area contributed by atoms with E-state index in [2.05, 4.69) is 14.7 Å². The molecule has 2 rings (SSSR count). The van der Waals surface area contributed by atoms with Crippen LogP contribution in [0.25, 0.3) is 11.0 Å². The summed E-state index contributed by atoms with van der Waals surface area (Å²) in [4.78, 5) is 17.4. The van der Waals surface area contributed by atoms with Crippen LogP contribution in [0.2, 0.25) is 0 Å². The molecule has 0 aliphatic carbocycles. The van der Waals surface area contributed by atoms with Gasteiger partial charge in [0.05, 0.1) is 11.0 Å². The molecule has 0 bridgehead atoms. The molecule has 0 saturated heterocycles. The Kier molecular flexibility index (Phi) is 2.28. The molecule has 1 aromatic heterocycles. The minimum Gasteiger partial charge on any atom is -0.464 e. The number of para-hydroxylation sites is 2. The topological polar surface area (TPSA) is 78.0 Å². The van der Waals surface area contributed by atoms with E-state index in [1.807, 2.05) is 24.3 Å². The normalized spacial score (nSPS) is 10.3. The maximum absolute atomic E-state index is 10.2. The van der Waals surface area contributed by atoms with Gasteiger partial charge in [-0.25, -0.2) is 9.78 Å². The Morgan fingerprint density at radius 2 is 2.29 bits per heavy atom. The van der Waals surface area contributed by atoms with E-state index in [4.69, 9.17) is 5.11 Å². The molecule has 1 amide bonds. The van der Waals surface area contributed by atoms with Gasteiger partial charge < -0.3 is 10.1 Å². The van der Waals surface area contributed by atoms with E-state index in [1.165, 1.54) is 0 Å². The van der Waals surface area contributed by atoms with E-state index in [0.29, 0.717) is 5.16 Å². The van der Waals surface area contributed by atoms with Crippen LogP contribution in [0, 0.1) is 0 Å². The number of aromatic amines is 1. The Hall–Kier alpha value is -1.69. The smallest absolute Gasteiger partial charge is 0.415 e. The molecule has 6 heteroatoms. The quantitative estimate of drug-likeness (QED) is 0.659. The van der Waals surface area contributed by atoms with Crippen molar-refractivity contribution >= 4 is 29.1 Å². The van der Waals surface area contributed by atoms with Crippen molar-refractivity contribution in [1.29, 1.82) is 0 Å². The zero-order chi connectivity index (χ0) is 9.97. The Bertz CT molecular complexity index is 435. The molecule has 2 aromatic rings. The number of carboxylic acid groups (broad SMARTS) is 1. The van der Waals surface area contributed by atoms with Crippen molar-refractivity contribution < 1.29 is 9.90 Å². The van der Waals surface area contributed by atoms with Crippen molar-refractivity contribution in [1.82, 2.24) is 14.7 Å². The predicted molar refractivity (Wildman–Crippen MR) is 53.1 cm³/mol. The van der Waals surface area contributed by atoms with Gasteiger partial charge in [0, 0.05) is 11.9 Å². The molecule has 0 spiro atoms. The summed E-state index contributed by atoms with van der Waals surface area (Å²) in [6.07, 6.45) is -1.09. The first-order valence-electron chi connectivity index (χ1n) is 3.86. The monoisotopic (exact) mass is 209 g/mol. The highest BCUT2D eigenvalue weighted by molar-refractivity contribution is 7.97. The van der Waals surface area contributed by atoms with Crippen LogP contribution in [-0.4, -0.2) is 21.2 Å². The van der Waals surface area contributed by atoms with Gasteiger partial charge in [0.25, 0.3) is 0 Å². The standard InChI is InChI=1S/C8H7N3O2S/c12-8(13)11-14-7-9-5-3-1-2-4-6(5)10-7/h1-4,11H,(H,9,10)(H,12,13). The van der Waals surface area contributed by atoms with Gasteiger partial charge in [-0.15, -0.1) is 0 Å². The first kappa shape index (κ1) is 8.89. The SMILES string of the molecule is O=C(O)NSc1nc2ccccc2[nH]1. The lowest BCUT2D eigenvalue weighted by molar-refractivity contribution is 0.202. The van der Waals surface area contributed by atoms with Crippen LogP contribution in [0.3, 0.4) is 0 Å². The molecule has 1 heterocycles. The average Bonchev–Trinajstić information content (AvgIpc) is 2.57. The lowest BCUT2D eigenvalue weighted by Crippen LogP contribution is -2.11. The van der Waals surface area contributed by atoms with Crippen molar-refractivity contribution in [3.05, 3.63) is 24.3 Å². The van der Waals surface area contributed by atoms with Crippen LogP contribution in [-0.2, 0) is 0 Å². The number of hydrogen-bond acceptors (Lipinski definition) is 3. The minimum absolute atomic E-state index is 0.536. The number of rotatable bonds is 2. The van der Waals surface area contributed by atoms with E-state index in [9.17, 15) is 4.79 Å². The van der Waals surface area contributed by atoms with Gasteiger partial charge in [0.15, 0.2) is 5.16 Å². The number of benzene rings is 1. The Morgan fingerprint density at radius 1 is 1.50 bits per heavy atom. The van der Waals surface area contributed by atoms with E-state index in [1.54, 1.807) is 0 Å². The first-order chi connectivity index (χ1) is 6.75. The van der Waals surface area contributed by atoms with Gasteiger partial charge in [-0.3, -0.25) is 4.72 Å². The second-order valence-corrected chi connectivity index (χ2v) is 3.36. The fourth-order valence-electron chi connectivity index (χ4n) is 1.07. The van der Waals surface area contributed by atoms with Crippen LogP contribution in [0.5, 0.6) is 0 Å². The summed E-state index contributed by atoms with van der Waals surface area (Å²) in [6.45, 7) is 0. The third kappa shape index (κ3) is 1.80. The number of amides is 1. The number of fused-ring (bicyclic) bond motifs is 1. The predicted octanol–water partition coefficient (Wildman–Crippen LogP) is 1.84. The van der Waals surface area contributed by atoms with Crippen LogP contribution >= 0.6 is 11.9 Å². The third-order valence-electron chi connectivity index (χ3n) is 1.60. The van der Waals surface area contributed by atoms with Gasteiger partial charge in [-0.1, -0.05) is 12.1 Å². The molecule has 14 heavy (non-hydrogen) atoms.